The third kappa shape index (κ3) is 4.22. The maximum atomic E-state index is 14.8. The number of terminal acetylenes is 1. The number of fused-ring (bicyclic) bond motifs is 1. The van der Waals surface area contributed by atoms with Gasteiger partial charge in [0, 0.05) is 20.3 Å². The van der Waals surface area contributed by atoms with Gasteiger partial charge in [0.2, 0.25) is 11.9 Å². The van der Waals surface area contributed by atoms with Crippen LogP contribution in [0.25, 0.3) is 11.2 Å². The highest BCUT2D eigenvalue weighted by Crippen LogP contribution is 2.35. The Morgan fingerprint density at radius 1 is 1.45 bits per heavy atom. The van der Waals surface area contributed by atoms with Gasteiger partial charge in [0.15, 0.2) is 11.2 Å². The molecule has 2 N–H and O–H groups in total. The minimum Gasteiger partial charge on any atom is -0.460 e. The van der Waals surface area contributed by atoms with E-state index in [2.05, 4.69) is 21.2 Å². The van der Waals surface area contributed by atoms with Crippen LogP contribution in [0.1, 0.15) is 39.8 Å². The minimum absolute atomic E-state index is 0.119. The van der Waals surface area contributed by atoms with Crippen LogP contribution in [-0.2, 0) is 25.6 Å². The maximum absolute atomic E-state index is 14.8. The van der Waals surface area contributed by atoms with Gasteiger partial charge in [0.25, 0.3) is 5.56 Å². The first kappa shape index (κ1) is 22.2. The number of alkyl halides is 1. The largest absolute Gasteiger partial charge is 0.460 e. The van der Waals surface area contributed by atoms with Crippen molar-refractivity contribution in [3.05, 3.63) is 20.8 Å². The fourth-order valence-corrected chi connectivity index (χ4v) is 3.64. The molecule has 1 unspecified atom stereocenters. The second kappa shape index (κ2) is 8.73. The van der Waals surface area contributed by atoms with E-state index in [1.807, 2.05) is 0 Å². The highest BCUT2D eigenvalue weighted by Gasteiger charge is 2.43. The van der Waals surface area contributed by atoms with Crippen LogP contribution in [0.5, 0.6) is 0 Å². The van der Waals surface area contributed by atoms with Crippen molar-refractivity contribution in [3.8, 4) is 12.3 Å². The van der Waals surface area contributed by atoms with E-state index in [1.54, 1.807) is 6.92 Å². The number of aromatic nitrogens is 4. The van der Waals surface area contributed by atoms with Gasteiger partial charge in [0.05, 0.1) is 6.54 Å². The molecule has 3 rings (SSSR count). The molecule has 2 aromatic rings. The molecule has 0 spiro atoms. The van der Waals surface area contributed by atoms with Gasteiger partial charge in [-0.3, -0.25) is 29.3 Å². The Morgan fingerprint density at radius 3 is 2.74 bits per heavy atom. The number of nitrogens with one attached hydrogen (secondary N) is 2. The number of rotatable bonds is 6. The summed E-state index contributed by atoms with van der Waals surface area (Å²) in [5.41, 5.74) is -1.68. The summed E-state index contributed by atoms with van der Waals surface area (Å²) < 4.78 is 27.8. The standard InChI is InChI=1S/C19H22FN5O6/c1-5-7-24-14-16(22-18(21-9(3)26)23-17(14)28)25(19(24)29)13-8-11(20)15(31-13)12(6-2)30-10(4)27/h1,11-13,15H,6-8H2,2-4H3,(H2,21,22,23,26,28)/t11-,12-,13-,15?/m1/s1. The highest BCUT2D eigenvalue weighted by molar-refractivity contribution is 5.87. The summed E-state index contributed by atoms with van der Waals surface area (Å²) in [5.74, 6) is 1.03. The van der Waals surface area contributed by atoms with Crippen molar-refractivity contribution in [1.29, 1.82) is 0 Å². The zero-order valence-corrected chi connectivity index (χ0v) is 17.2. The van der Waals surface area contributed by atoms with Gasteiger partial charge in [-0.1, -0.05) is 12.8 Å². The Hall–Kier alpha value is -3.46. The molecule has 1 aliphatic heterocycles. The number of nitrogens with zero attached hydrogens (tertiary/aromatic N) is 3. The molecule has 1 amide bonds. The number of carbonyl (C=O) groups is 2. The van der Waals surface area contributed by atoms with E-state index in [1.165, 1.54) is 13.8 Å². The SMILES string of the molecule is C#CCn1c(=O)n([C@H]2C[C@@H](F)C([C@@H](CC)OC(C)=O)O2)c2nc(NC(C)=O)[nH]c(=O)c21. The van der Waals surface area contributed by atoms with Crippen LogP contribution in [0.3, 0.4) is 0 Å². The summed E-state index contributed by atoms with van der Waals surface area (Å²) in [4.78, 5) is 54.9. The molecule has 1 saturated heterocycles. The Labute approximate surface area is 175 Å². The summed E-state index contributed by atoms with van der Waals surface area (Å²) in [6, 6.07) is 0. The van der Waals surface area contributed by atoms with Gasteiger partial charge in [0.1, 0.15) is 24.6 Å². The van der Waals surface area contributed by atoms with Crippen LogP contribution in [0.4, 0.5) is 10.3 Å². The summed E-state index contributed by atoms with van der Waals surface area (Å²) in [7, 11) is 0. The van der Waals surface area contributed by atoms with Crippen molar-refractivity contribution in [1.82, 2.24) is 19.1 Å². The van der Waals surface area contributed by atoms with Gasteiger partial charge in [-0.25, -0.2) is 13.8 Å². The minimum atomic E-state index is -1.54. The van der Waals surface area contributed by atoms with E-state index in [-0.39, 0.29) is 30.1 Å². The lowest BCUT2D eigenvalue weighted by molar-refractivity contribution is -0.158. The smallest absolute Gasteiger partial charge is 0.333 e. The van der Waals surface area contributed by atoms with Crippen LogP contribution < -0.4 is 16.6 Å². The van der Waals surface area contributed by atoms with E-state index in [9.17, 15) is 23.6 Å². The maximum Gasteiger partial charge on any atom is 0.333 e. The predicted molar refractivity (Wildman–Crippen MR) is 107 cm³/mol. The summed E-state index contributed by atoms with van der Waals surface area (Å²) in [5, 5.41) is 2.34. The zero-order valence-electron chi connectivity index (χ0n) is 17.2. The zero-order chi connectivity index (χ0) is 22.9. The fraction of sp³-hybridized carbons (Fsp3) is 0.526. The van der Waals surface area contributed by atoms with Gasteiger partial charge < -0.3 is 9.47 Å². The summed E-state index contributed by atoms with van der Waals surface area (Å²) in [6.07, 6.45) is 0.779. The quantitative estimate of drug-likeness (QED) is 0.496. The van der Waals surface area contributed by atoms with E-state index in [0.29, 0.717) is 6.42 Å². The van der Waals surface area contributed by atoms with Crippen molar-refractivity contribution < 1.29 is 23.5 Å². The van der Waals surface area contributed by atoms with Gasteiger partial charge in [-0.05, 0) is 6.42 Å². The van der Waals surface area contributed by atoms with E-state index < -0.39 is 47.7 Å². The molecule has 3 heterocycles. The Kier molecular flexibility index (Phi) is 6.26. The summed E-state index contributed by atoms with van der Waals surface area (Å²) in [6.45, 7) is 3.91. The first-order valence-corrected chi connectivity index (χ1v) is 9.60. The molecule has 0 aromatic carbocycles. The molecule has 31 heavy (non-hydrogen) atoms. The highest BCUT2D eigenvalue weighted by atomic mass is 19.1. The Morgan fingerprint density at radius 2 is 2.16 bits per heavy atom. The number of carbonyl (C=O) groups excluding carboxylic acids is 2. The lowest BCUT2D eigenvalue weighted by atomic mass is 10.1. The lowest BCUT2D eigenvalue weighted by Crippen LogP contribution is -2.36. The van der Waals surface area contributed by atoms with Crippen LogP contribution >= 0.6 is 0 Å². The monoisotopic (exact) mass is 435 g/mol. The number of imidazole rings is 1. The number of anilines is 1. The summed E-state index contributed by atoms with van der Waals surface area (Å²) >= 11 is 0. The van der Waals surface area contributed by atoms with Gasteiger partial charge >= 0.3 is 11.7 Å². The normalized spacial score (nSPS) is 21.6. The molecule has 12 heteroatoms. The molecular weight excluding hydrogens is 413 g/mol. The number of aromatic amines is 1. The molecule has 2 aromatic heterocycles. The third-order valence-corrected chi connectivity index (χ3v) is 4.83. The average molecular weight is 435 g/mol. The molecule has 4 atom stereocenters. The van der Waals surface area contributed by atoms with E-state index in [0.717, 1.165) is 9.13 Å². The molecule has 1 aliphatic rings. The number of esters is 1. The third-order valence-electron chi connectivity index (χ3n) is 4.83. The number of amides is 1. The van der Waals surface area contributed by atoms with Crippen molar-refractivity contribution in [2.75, 3.05) is 5.32 Å². The molecule has 0 saturated carbocycles. The van der Waals surface area contributed by atoms with Gasteiger partial charge in [-0.2, -0.15) is 4.98 Å². The van der Waals surface area contributed by atoms with Crippen LogP contribution in [-0.4, -0.2) is 49.4 Å². The van der Waals surface area contributed by atoms with E-state index in [4.69, 9.17) is 15.9 Å². The number of hydrogen-bond acceptors (Lipinski definition) is 7. The number of H-pyrrole nitrogens is 1. The Bertz CT molecular complexity index is 1180. The first-order chi connectivity index (χ1) is 14.7. The topological polar surface area (TPSA) is 137 Å². The lowest BCUT2D eigenvalue weighted by Gasteiger charge is -2.23. The molecule has 1 fully saturated rings. The first-order valence-electron chi connectivity index (χ1n) is 9.60. The van der Waals surface area contributed by atoms with Crippen molar-refractivity contribution in [3.63, 3.8) is 0 Å². The second-order valence-electron chi connectivity index (χ2n) is 7.07. The molecule has 166 valence electrons. The van der Waals surface area contributed by atoms with Crippen LogP contribution in [0.2, 0.25) is 0 Å². The number of halogens is 1. The molecule has 0 bridgehead atoms. The number of hydrogen-bond donors (Lipinski definition) is 2. The van der Waals surface area contributed by atoms with Crippen molar-refractivity contribution >= 4 is 29.0 Å². The van der Waals surface area contributed by atoms with E-state index >= 15 is 0 Å². The Balaban J connectivity index is 2.12. The van der Waals surface area contributed by atoms with Gasteiger partial charge in [-0.15, -0.1) is 6.42 Å². The average Bonchev–Trinajstić information content (AvgIpc) is 3.17. The van der Waals surface area contributed by atoms with Crippen molar-refractivity contribution in [2.45, 2.75) is 64.8 Å². The fourth-order valence-electron chi connectivity index (χ4n) is 3.64. The van der Waals surface area contributed by atoms with Crippen molar-refractivity contribution in [2.24, 2.45) is 0 Å². The predicted octanol–water partition coefficient (Wildman–Crippen LogP) is 0.445. The van der Waals surface area contributed by atoms with Crippen LogP contribution in [0, 0.1) is 12.3 Å². The molecule has 0 radical (unpaired) electrons. The molecular formula is C19H22FN5O6. The molecule has 0 aliphatic carbocycles. The second-order valence-corrected chi connectivity index (χ2v) is 7.07. The number of ether oxygens (including phenoxy) is 2. The molecule has 11 nitrogen and oxygen atoms in total. The van der Waals surface area contributed by atoms with Crippen LogP contribution in [0.15, 0.2) is 9.59 Å².